The molecule has 1 atom stereocenters. The average molecular weight is 257 g/mol. The zero-order valence-corrected chi connectivity index (χ0v) is 10.7. The van der Waals surface area contributed by atoms with Crippen LogP contribution in [0.2, 0.25) is 0 Å². The van der Waals surface area contributed by atoms with Crippen molar-refractivity contribution in [3.63, 3.8) is 0 Å². The molecule has 5 nitrogen and oxygen atoms in total. The number of methoxy groups -OCH3 is 1. The van der Waals surface area contributed by atoms with Crippen LogP contribution < -0.4 is 14.8 Å². The van der Waals surface area contributed by atoms with E-state index in [-0.39, 0.29) is 6.10 Å². The second-order valence-electron chi connectivity index (χ2n) is 4.36. The summed E-state index contributed by atoms with van der Waals surface area (Å²) in [7, 11) is 1.59. The maximum absolute atomic E-state index is 5.84. The Hall–Kier alpha value is -2.30. The topological polar surface area (TPSA) is 56.3 Å². The molecule has 1 N–H and O–H groups in total. The molecule has 3 rings (SSSR count). The van der Waals surface area contributed by atoms with E-state index in [1.165, 1.54) is 5.56 Å². The molecular weight excluding hydrogens is 242 g/mol. The Labute approximate surface area is 111 Å². The molecule has 5 heteroatoms. The minimum absolute atomic E-state index is 0.118. The van der Waals surface area contributed by atoms with Gasteiger partial charge in [0, 0.05) is 18.7 Å². The van der Waals surface area contributed by atoms with Gasteiger partial charge in [-0.15, -0.1) is 0 Å². The number of hydrogen-bond acceptors (Lipinski definition) is 5. The van der Waals surface area contributed by atoms with Crippen molar-refractivity contribution in [2.45, 2.75) is 12.5 Å². The molecule has 19 heavy (non-hydrogen) atoms. The third kappa shape index (κ3) is 2.59. The van der Waals surface area contributed by atoms with Gasteiger partial charge in [-0.3, -0.25) is 0 Å². The van der Waals surface area contributed by atoms with Gasteiger partial charge >= 0.3 is 0 Å². The molecule has 0 radical (unpaired) electrons. The molecule has 0 amide bonds. The fraction of sp³-hybridized carbons (Fsp3) is 0.286. The Morgan fingerprint density at radius 2 is 2.26 bits per heavy atom. The largest absolute Gasteiger partial charge is 0.488 e. The number of benzene rings is 1. The number of nitrogens with zero attached hydrogens (tertiary/aromatic N) is 2. The van der Waals surface area contributed by atoms with E-state index in [9.17, 15) is 0 Å². The molecule has 1 aliphatic heterocycles. The summed E-state index contributed by atoms with van der Waals surface area (Å²) in [6.07, 6.45) is 2.69. The van der Waals surface area contributed by atoms with Crippen LogP contribution in [0, 0.1) is 0 Å². The van der Waals surface area contributed by atoms with Crippen LogP contribution in [-0.2, 0) is 6.42 Å². The summed E-state index contributed by atoms with van der Waals surface area (Å²) >= 11 is 0. The molecule has 0 saturated heterocycles. The maximum atomic E-state index is 5.84. The highest BCUT2D eigenvalue weighted by Crippen LogP contribution is 2.28. The summed E-state index contributed by atoms with van der Waals surface area (Å²) in [5.74, 6) is 2.08. The summed E-state index contributed by atoms with van der Waals surface area (Å²) in [6.45, 7) is 0.668. The number of aromatic nitrogens is 2. The van der Waals surface area contributed by atoms with Crippen LogP contribution in [0.4, 0.5) is 5.95 Å². The summed E-state index contributed by atoms with van der Waals surface area (Å²) in [5, 5.41) is 3.17. The van der Waals surface area contributed by atoms with Gasteiger partial charge in [0.1, 0.15) is 11.9 Å². The molecule has 1 aromatic heterocycles. The third-order valence-corrected chi connectivity index (χ3v) is 3.04. The lowest BCUT2D eigenvalue weighted by atomic mass is 10.1. The Morgan fingerprint density at radius 1 is 1.37 bits per heavy atom. The molecule has 0 fully saturated rings. The SMILES string of the molecule is COc1ccnc(NC[C@H]2Cc3ccccc3O2)n1. The Kier molecular flexibility index (Phi) is 3.18. The molecule has 0 saturated carbocycles. The summed E-state index contributed by atoms with van der Waals surface area (Å²) in [5.41, 5.74) is 1.25. The van der Waals surface area contributed by atoms with Crippen molar-refractivity contribution in [1.82, 2.24) is 9.97 Å². The van der Waals surface area contributed by atoms with Gasteiger partial charge in [-0.2, -0.15) is 4.98 Å². The van der Waals surface area contributed by atoms with E-state index >= 15 is 0 Å². The first-order chi connectivity index (χ1) is 9.35. The van der Waals surface area contributed by atoms with Crippen LogP contribution in [0.25, 0.3) is 0 Å². The predicted octanol–water partition coefficient (Wildman–Crippen LogP) is 1.90. The second kappa shape index (κ2) is 5.14. The zero-order valence-electron chi connectivity index (χ0n) is 10.7. The molecule has 0 unspecified atom stereocenters. The van der Waals surface area contributed by atoms with Crippen molar-refractivity contribution in [2.75, 3.05) is 19.0 Å². The van der Waals surface area contributed by atoms with Crippen LogP contribution in [0.3, 0.4) is 0 Å². The van der Waals surface area contributed by atoms with Crippen molar-refractivity contribution in [3.8, 4) is 11.6 Å². The summed E-state index contributed by atoms with van der Waals surface area (Å²) in [6, 6.07) is 9.82. The van der Waals surface area contributed by atoms with Gasteiger partial charge in [-0.25, -0.2) is 4.98 Å². The first kappa shape index (κ1) is 11.8. The van der Waals surface area contributed by atoms with Crippen LogP contribution in [0.15, 0.2) is 36.5 Å². The first-order valence-corrected chi connectivity index (χ1v) is 6.20. The average Bonchev–Trinajstić information content (AvgIpc) is 2.88. The van der Waals surface area contributed by atoms with Gasteiger partial charge in [0.15, 0.2) is 0 Å². The van der Waals surface area contributed by atoms with Crippen LogP contribution >= 0.6 is 0 Å². The fourth-order valence-electron chi connectivity index (χ4n) is 2.11. The van der Waals surface area contributed by atoms with Gasteiger partial charge in [0.2, 0.25) is 11.8 Å². The van der Waals surface area contributed by atoms with Gasteiger partial charge < -0.3 is 14.8 Å². The number of ether oxygens (including phenoxy) is 2. The highest BCUT2D eigenvalue weighted by atomic mass is 16.5. The standard InChI is InChI=1S/C14H15N3O2/c1-18-13-6-7-15-14(17-13)16-9-11-8-10-4-2-3-5-12(10)19-11/h2-7,11H,8-9H2,1H3,(H,15,16,17)/t11-/m1/s1. The highest BCUT2D eigenvalue weighted by molar-refractivity contribution is 5.38. The molecule has 98 valence electrons. The lowest BCUT2D eigenvalue weighted by Crippen LogP contribution is -2.24. The number of nitrogens with one attached hydrogen (secondary N) is 1. The molecular formula is C14H15N3O2. The van der Waals surface area contributed by atoms with Crippen molar-refractivity contribution >= 4 is 5.95 Å². The molecule has 1 aromatic carbocycles. The van der Waals surface area contributed by atoms with E-state index in [0.29, 0.717) is 18.4 Å². The molecule has 0 spiro atoms. The second-order valence-corrected chi connectivity index (χ2v) is 4.36. The highest BCUT2D eigenvalue weighted by Gasteiger charge is 2.22. The minimum Gasteiger partial charge on any atom is -0.488 e. The minimum atomic E-state index is 0.118. The van der Waals surface area contributed by atoms with Gasteiger partial charge in [-0.1, -0.05) is 18.2 Å². The predicted molar refractivity (Wildman–Crippen MR) is 71.6 cm³/mol. The monoisotopic (exact) mass is 257 g/mol. The number of fused-ring (bicyclic) bond motifs is 1. The molecule has 2 heterocycles. The van der Waals surface area contributed by atoms with Crippen molar-refractivity contribution < 1.29 is 9.47 Å². The van der Waals surface area contributed by atoms with Crippen LogP contribution in [0.5, 0.6) is 11.6 Å². The first-order valence-electron chi connectivity index (χ1n) is 6.20. The van der Waals surface area contributed by atoms with E-state index in [2.05, 4.69) is 21.4 Å². The fourth-order valence-corrected chi connectivity index (χ4v) is 2.11. The number of rotatable bonds is 4. The van der Waals surface area contributed by atoms with E-state index in [1.54, 1.807) is 19.4 Å². The number of para-hydroxylation sites is 1. The Balaban J connectivity index is 1.59. The van der Waals surface area contributed by atoms with Crippen molar-refractivity contribution in [1.29, 1.82) is 0 Å². The third-order valence-electron chi connectivity index (χ3n) is 3.04. The summed E-state index contributed by atoms with van der Waals surface area (Å²) < 4.78 is 10.9. The zero-order chi connectivity index (χ0) is 13.1. The van der Waals surface area contributed by atoms with Crippen LogP contribution in [0.1, 0.15) is 5.56 Å². The van der Waals surface area contributed by atoms with Crippen LogP contribution in [-0.4, -0.2) is 29.7 Å². The quantitative estimate of drug-likeness (QED) is 0.906. The van der Waals surface area contributed by atoms with E-state index in [0.717, 1.165) is 12.2 Å². The van der Waals surface area contributed by atoms with Crippen molar-refractivity contribution in [2.24, 2.45) is 0 Å². The van der Waals surface area contributed by atoms with Gasteiger partial charge in [0.25, 0.3) is 0 Å². The Bertz CT molecular complexity index is 549. The van der Waals surface area contributed by atoms with Gasteiger partial charge in [-0.05, 0) is 11.6 Å². The number of hydrogen-bond donors (Lipinski definition) is 1. The van der Waals surface area contributed by atoms with E-state index < -0.39 is 0 Å². The molecule has 2 aromatic rings. The Morgan fingerprint density at radius 3 is 3.11 bits per heavy atom. The van der Waals surface area contributed by atoms with E-state index in [1.807, 2.05) is 18.2 Å². The summed E-state index contributed by atoms with van der Waals surface area (Å²) in [4.78, 5) is 8.34. The maximum Gasteiger partial charge on any atom is 0.226 e. The smallest absolute Gasteiger partial charge is 0.226 e. The molecule has 1 aliphatic rings. The lowest BCUT2D eigenvalue weighted by molar-refractivity contribution is 0.246. The molecule has 0 bridgehead atoms. The molecule has 0 aliphatic carbocycles. The normalized spacial score (nSPS) is 16.6. The van der Waals surface area contributed by atoms with Crippen molar-refractivity contribution in [3.05, 3.63) is 42.1 Å². The lowest BCUT2D eigenvalue weighted by Gasteiger charge is -2.11. The van der Waals surface area contributed by atoms with Gasteiger partial charge in [0.05, 0.1) is 13.7 Å². The number of anilines is 1. The van der Waals surface area contributed by atoms with E-state index in [4.69, 9.17) is 9.47 Å².